The molecule has 6 heteroatoms. The largest absolute Gasteiger partial charge is 0.497 e. The second kappa shape index (κ2) is 8.14. The maximum absolute atomic E-state index is 12.0. The quantitative estimate of drug-likeness (QED) is 0.805. The number of urea groups is 1. The molecule has 1 atom stereocenters. The fourth-order valence-corrected chi connectivity index (χ4v) is 1.80. The minimum absolute atomic E-state index is 0.195. The van der Waals surface area contributed by atoms with Gasteiger partial charge in [-0.25, -0.2) is 4.79 Å². The number of hydrogen-bond acceptors (Lipinski definition) is 3. The van der Waals surface area contributed by atoms with Crippen molar-refractivity contribution in [1.29, 1.82) is 0 Å². The molecule has 0 fully saturated rings. The van der Waals surface area contributed by atoms with Gasteiger partial charge in [-0.2, -0.15) is 0 Å². The monoisotopic (exact) mass is 294 g/mol. The van der Waals surface area contributed by atoms with Crippen molar-refractivity contribution in [3.05, 3.63) is 29.8 Å². The first kappa shape index (κ1) is 16.8. The Morgan fingerprint density at radius 3 is 2.43 bits per heavy atom. The first-order valence-corrected chi connectivity index (χ1v) is 6.86. The van der Waals surface area contributed by atoms with Crippen LogP contribution in [0.5, 0.6) is 5.75 Å². The number of carboxylic acids is 1. The number of benzene rings is 1. The SMILES string of the molecule is CCN(CC(C)C(=O)O)C(=O)NCc1ccc(OC)cc1. The summed E-state index contributed by atoms with van der Waals surface area (Å²) in [4.78, 5) is 24.4. The van der Waals surface area contributed by atoms with Gasteiger partial charge in [-0.15, -0.1) is 0 Å². The van der Waals surface area contributed by atoms with E-state index >= 15 is 0 Å². The number of carboxylic acid groups (broad SMARTS) is 1. The van der Waals surface area contributed by atoms with Gasteiger partial charge in [0.15, 0.2) is 0 Å². The van der Waals surface area contributed by atoms with Gasteiger partial charge in [0.2, 0.25) is 0 Å². The molecule has 0 spiro atoms. The Labute approximate surface area is 124 Å². The molecule has 6 nitrogen and oxygen atoms in total. The van der Waals surface area contributed by atoms with Crippen LogP contribution < -0.4 is 10.1 Å². The molecule has 0 saturated carbocycles. The van der Waals surface area contributed by atoms with Crippen molar-refractivity contribution < 1.29 is 19.4 Å². The van der Waals surface area contributed by atoms with E-state index in [-0.39, 0.29) is 12.6 Å². The van der Waals surface area contributed by atoms with Gasteiger partial charge in [-0.3, -0.25) is 4.79 Å². The van der Waals surface area contributed by atoms with Crippen LogP contribution in [0, 0.1) is 5.92 Å². The lowest BCUT2D eigenvalue weighted by molar-refractivity contribution is -0.141. The molecule has 0 heterocycles. The highest BCUT2D eigenvalue weighted by Gasteiger charge is 2.18. The van der Waals surface area contributed by atoms with Crippen LogP contribution in [0.3, 0.4) is 0 Å². The van der Waals surface area contributed by atoms with E-state index in [0.717, 1.165) is 11.3 Å². The molecule has 2 amide bonds. The van der Waals surface area contributed by atoms with Gasteiger partial charge >= 0.3 is 12.0 Å². The molecule has 1 rings (SSSR count). The van der Waals surface area contributed by atoms with Gasteiger partial charge in [0, 0.05) is 19.6 Å². The van der Waals surface area contributed by atoms with Crippen LogP contribution in [0.2, 0.25) is 0 Å². The molecule has 116 valence electrons. The number of ether oxygens (including phenoxy) is 1. The van der Waals surface area contributed by atoms with E-state index in [0.29, 0.717) is 13.1 Å². The summed E-state index contributed by atoms with van der Waals surface area (Å²) < 4.78 is 5.07. The lowest BCUT2D eigenvalue weighted by Crippen LogP contribution is -2.42. The van der Waals surface area contributed by atoms with Crippen LogP contribution in [-0.4, -0.2) is 42.2 Å². The average molecular weight is 294 g/mol. The smallest absolute Gasteiger partial charge is 0.317 e. The van der Waals surface area contributed by atoms with Crippen LogP contribution in [-0.2, 0) is 11.3 Å². The summed E-state index contributed by atoms with van der Waals surface area (Å²) >= 11 is 0. The number of carbonyl (C=O) groups excluding carboxylic acids is 1. The Hall–Kier alpha value is -2.24. The Balaban J connectivity index is 2.51. The molecule has 0 saturated heterocycles. The number of hydrogen-bond donors (Lipinski definition) is 2. The summed E-state index contributed by atoms with van der Waals surface area (Å²) in [6, 6.07) is 7.13. The summed E-state index contributed by atoms with van der Waals surface area (Å²) in [7, 11) is 1.60. The molecule has 1 aromatic rings. The van der Waals surface area contributed by atoms with Crippen molar-refractivity contribution in [3.63, 3.8) is 0 Å². The lowest BCUT2D eigenvalue weighted by atomic mass is 10.2. The maximum Gasteiger partial charge on any atom is 0.317 e. The topological polar surface area (TPSA) is 78.9 Å². The van der Waals surface area contributed by atoms with E-state index in [9.17, 15) is 9.59 Å². The van der Waals surface area contributed by atoms with E-state index in [1.54, 1.807) is 14.0 Å². The normalized spacial score (nSPS) is 11.6. The highest BCUT2D eigenvalue weighted by atomic mass is 16.5. The number of nitrogens with one attached hydrogen (secondary N) is 1. The maximum atomic E-state index is 12.0. The molecule has 0 aliphatic heterocycles. The number of nitrogens with zero attached hydrogens (tertiary/aromatic N) is 1. The zero-order valence-electron chi connectivity index (χ0n) is 12.6. The molecule has 0 aromatic heterocycles. The summed E-state index contributed by atoms with van der Waals surface area (Å²) in [6.45, 7) is 4.45. The molecule has 0 bridgehead atoms. The van der Waals surface area contributed by atoms with Gasteiger partial charge in [0.25, 0.3) is 0 Å². The van der Waals surface area contributed by atoms with Crippen molar-refractivity contribution in [2.24, 2.45) is 5.92 Å². The minimum atomic E-state index is -0.906. The molecular weight excluding hydrogens is 272 g/mol. The fraction of sp³-hybridized carbons (Fsp3) is 0.467. The van der Waals surface area contributed by atoms with E-state index in [1.165, 1.54) is 4.90 Å². The first-order valence-electron chi connectivity index (χ1n) is 6.86. The highest BCUT2D eigenvalue weighted by molar-refractivity contribution is 5.75. The van der Waals surface area contributed by atoms with E-state index in [4.69, 9.17) is 9.84 Å². The highest BCUT2D eigenvalue weighted by Crippen LogP contribution is 2.11. The Bertz CT molecular complexity index is 473. The van der Waals surface area contributed by atoms with E-state index < -0.39 is 11.9 Å². The van der Waals surface area contributed by atoms with Crippen LogP contribution in [0.1, 0.15) is 19.4 Å². The van der Waals surface area contributed by atoms with Gasteiger partial charge in [0.05, 0.1) is 13.0 Å². The van der Waals surface area contributed by atoms with Crippen molar-refractivity contribution in [2.45, 2.75) is 20.4 Å². The van der Waals surface area contributed by atoms with Crippen molar-refractivity contribution >= 4 is 12.0 Å². The van der Waals surface area contributed by atoms with Crippen LogP contribution >= 0.6 is 0 Å². The molecule has 1 aromatic carbocycles. The van der Waals surface area contributed by atoms with Crippen molar-refractivity contribution in [3.8, 4) is 5.75 Å². The minimum Gasteiger partial charge on any atom is -0.497 e. The first-order chi connectivity index (χ1) is 9.97. The second-order valence-corrected chi connectivity index (χ2v) is 4.78. The number of methoxy groups -OCH3 is 1. The molecule has 2 N–H and O–H groups in total. The van der Waals surface area contributed by atoms with Gasteiger partial charge in [-0.05, 0) is 24.6 Å². The summed E-state index contributed by atoms with van der Waals surface area (Å²) in [5.74, 6) is -0.733. The second-order valence-electron chi connectivity index (χ2n) is 4.78. The summed E-state index contributed by atoms with van der Waals surface area (Å²) in [5.41, 5.74) is 0.950. The lowest BCUT2D eigenvalue weighted by Gasteiger charge is -2.23. The van der Waals surface area contributed by atoms with Crippen molar-refractivity contribution in [1.82, 2.24) is 10.2 Å². The van der Waals surface area contributed by atoms with Crippen LogP contribution in [0.4, 0.5) is 4.79 Å². The van der Waals surface area contributed by atoms with E-state index in [1.807, 2.05) is 31.2 Å². The number of carbonyl (C=O) groups is 2. The zero-order valence-corrected chi connectivity index (χ0v) is 12.6. The molecule has 0 aliphatic carbocycles. The van der Waals surface area contributed by atoms with Gasteiger partial charge in [0.1, 0.15) is 5.75 Å². The Morgan fingerprint density at radius 1 is 1.33 bits per heavy atom. The fourth-order valence-electron chi connectivity index (χ4n) is 1.80. The third-order valence-electron chi connectivity index (χ3n) is 3.19. The van der Waals surface area contributed by atoms with Crippen LogP contribution in [0.25, 0.3) is 0 Å². The average Bonchev–Trinajstić information content (AvgIpc) is 2.50. The third kappa shape index (κ3) is 5.33. The summed E-state index contributed by atoms with van der Waals surface area (Å²) in [5, 5.41) is 11.7. The van der Waals surface area contributed by atoms with Crippen molar-refractivity contribution in [2.75, 3.05) is 20.2 Å². The number of amides is 2. The van der Waals surface area contributed by atoms with E-state index in [2.05, 4.69) is 5.32 Å². The standard InChI is InChI=1S/C15H22N2O4/c1-4-17(10-11(2)14(18)19)15(20)16-9-12-5-7-13(21-3)8-6-12/h5-8,11H,4,9-10H2,1-3H3,(H,16,20)(H,18,19). The molecular formula is C15H22N2O4. The number of aliphatic carboxylic acids is 1. The van der Waals surface area contributed by atoms with Gasteiger partial charge in [-0.1, -0.05) is 19.1 Å². The molecule has 1 unspecified atom stereocenters. The predicted molar refractivity (Wildman–Crippen MR) is 79.3 cm³/mol. The van der Waals surface area contributed by atoms with Crippen LogP contribution in [0.15, 0.2) is 24.3 Å². The molecule has 0 radical (unpaired) electrons. The zero-order chi connectivity index (χ0) is 15.8. The number of rotatable bonds is 7. The van der Waals surface area contributed by atoms with Gasteiger partial charge < -0.3 is 20.1 Å². The molecule has 0 aliphatic rings. The summed E-state index contributed by atoms with van der Waals surface area (Å²) in [6.07, 6.45) is 0. The Kier molecular flexibility index (Phi) is 6.52. The predicted octanol–water partition coefficient (Wildman–Crippen LogP) is 1.95. The molecule has 21 heavy (non-hydrogen) atoms. The third-order valence-corrected chi connectivity index (χ3v) is 3.19. The Morgan fingerprint density at radius 2 is 1.95 bits per heavy atom.